The second-order valence-corrected chi connectivity index (χ2v) is 10.5. The van der Waals surface area contributed by atoms with Gasteiger partial charge in [0.1, 0.15) is 0 Å². The number of thioether (sulfide) groups is 2. The van der Waals surface area contributed by atoms with Crippen LogP contribution in [0.15, 0.2) is 21.0 Å². The molecule has 2 fully saturated rings. The molecule has 0 aliphatic carbocycles. The van der Waals surface area contributed by atoms with Crippen molar-refractivity contribution in [3.63, 3.8) is 0 Å². The van der Waals surface area contributed by atoms with Crippen LogP contribution in [0.5, 0.6) is 0 Å². The first-order valence-electron chi connectivity index (χ1n) is 12.6. The highest BCUT2D eigenvalue weighted by molar-refractivity contribution is 8.18. The molecule has 0 spiro atoms. The van der Waals surface area contributed by atoms with Gasteiger partial charge in [-0.15, -0.1) is 0 Å². The molecule has 0 N–H and O–H groups in total. The van der Waals surface area contributed by atoms with Gasteiger partial charge in [0.15, 0.2) is 10.3 Å². The van der Waals surface area contributed by atoms with Crippen LogP contribution < -0.4 is 0 Å². The van der Waals surface area contributed by atoms with Crippen LogP contribution in [-0.4, -0.2) is 90.3 Å². The number of hydrogen-bond donors (Lipinski definition) is 0. The van der Waals surface area contributed by atoms with E-state index >= 15 is 0 Å². The third kappa shape index (κ3) is 9.36. The van der Waals surface area contributed by atoms with E-state index in [4.69, 9.17) is 9.47 Å². The molecule has 4 aliphatic rings. The number of allylic oxidation sites excluding steroid dienone is 1. The monoisotopic (exact) mass is 510 g/mol. The van der Waals surface area contributed by atoms with Gasteiger partial charge in [-0.3, -0.25) is 9.59 Å². The van der Waals surface area contributed by atoms with Crippen LogP contribution in [0.3, 0.4) is 0 Å². The van der Waals surface area contributed by atoms with Gasteiger partial charge in [-0.2, -0.15) is 9.98 Å². The molecule has 0 saturated carbocycles. The predicted octanol–water partition coefficient (Wildman–Crippen LogP) is 3.92. The summed E-state index contributed by atoms with van der Waals surface area (Å²) in [6.45, 7) is 8.58. The number of aliphatic imine (C=N–C) groups is 2. The van der Waals surface area contributed by atoms with Crippen molar-refractivity contribution in [3.8, 4) is 0 Å². The summed E-state index contributed by atoms with van der Waals surface area (Å²) in [5.41, 5.74) is 0. The van der Waals surface area contributed by atoms with Crippen molar-refractivity contribution in [3.05, 3.63) is 11.0 Å². The fourth-order valence-electron chi connectivity index (χ4n) is 3.87. The first-order chi connectivity index (χ1) is 16.7. The minimum Gasteiger partial charge on any atom is -0.378 e. The molecule has 10 heteroatoms. The Morgan fingerprint density at radius 3 is 2.00 bits per heavy atom. The average molecular weight is 511 g/mol. The van der Waals surface area contributed by atoms with Crippen LogP contribution in [0.25, 0.3) is 0 Å². The molecule has 0 unspecified atom stereocenters. The lowest BCUT2D eigenvalue weighted by molar-refractivity contribution is -0.115. The Labute approximate surface area is 212 Å². The first-order valence-corrected chi connectivity index (χ1v) is 14.4. The molecule has 190 valence electrons. The van der Waals surface area contributed by atoms with Crippen molar-refractivity contribution in [1.29, 1.82) is 0 Å². The Bertz CT molecular complexity index is 760. The highest BCUT2D eigenvalue weighted by Crippen LogP contribution is 2.29. The molecule has 0 atom stereocenters. The molecule has 4 rings (SSSR count). The van der Waals surface area contributed by atoms with Gasteiger partial charge in [0.25, 0.3) is 11.8 Å². The summed E-state index contributed by atoms with van der Waals surface area (Å²) in [6.07, 6.45) is 12.2. The zero-order chi connectivity index (χ0) is 24.0. The van der Waals surface area contributed by atoms with E-state index in [1.54, 1.807) is 0 Å². The topological polar surface area (TPSA) is 83.8 Å². The molecule has 0 aromatic carbocycles. The second kappa shape index (κ2) is 15.6. The van der Waals surface area contributed by atoms with Crippen molar-refractivity contribution in [2.24, 2.45) is 9.98 Å². The highest BCUT2D eigenvalue weighted by atomic mass is 32.2. The van der Waals surface area contributed by atoms with Gasteiger partial charge in [-0.25, -0.2) is 0 Å². The maximum Gasteiger partial charge on any atom is 0.285 e. The molecule has 0 aromatic rings. The van der Waals surface area contributed by atoms with Crippen LogP contribution in [0.2, 0.25) is 0 Å². The minimum atomic E-state index is -0.0607. The molecular formula is C24H38N4O4S2. The van der Waals surface area contributed by atoms with Gasteiger partial charge in [0, 0.05) is 26.2 Å². The van der Waals surface area contributed by atoms with E-state index in [0.29, 0.717) is 5.75 Å². The zero-order valence-corrected chi connectivity index (χ0v) is 22.0. The minimum absolute atomic E-state index is 0.0125. The number of carbonyl (C=O) groups is 2. The number of carbonyl (C=O) groups excluding carboxylic acids is 2. The van der Waals surface area contributed by atoms with Crippen LogP contribution in [-0.2, 0) is 19.1 Å². The zero-order valence-electron chi connectivity index (χ0n) is 20.3. The number of amidine groups is 2. The largest absolute Gasteiger partial charge is 0.378 e. The first kappa shape index (κ1) is 27.2. The Hall–Kier alpha value is -1.36. The lowest BCUT2D eigenvalue weighted by Crippen LogP contribution is -2.38. The molecule has 8 nitrogen and oxygen atoms in total. The predicted molar refractivity (Wildman–Crippen MR) is 140 cm³/mol. The standard InChI is InChI=1S/C17H28N2O2S.C7H10N2O2S/c1-2-3-4-5-6-7-8-9-10-15-16(20)18-17(22-15)19-11-13-21-14-12-19;10-6-5-12-7(8-6)9-1-3-11-4-2-9/h10H,2-9,11-14H2,1H3;1-5H2/b15-10-;. The van der Waals surface area contributed by atoms with E-state index in [2.05, 4.69) is 32.8 Å². The number of rotatable bonds is 8. The molecule has 2 saturated heterocycles. The molecule has 0 aromatic heterocycles. The SMILES string of the molecule is CCCCCCCCC/C=C1\SC(N2CCOCC2)=NC1=O.O=C1CSC(N2CCOCC2)=N1. The van der Waals surface area contributed by atoms with Gasteiger partial charge in [0.05, 0.1) is 37.1 Å². The summed E-state index contributed by atoms with van der Waals surface area (Å²) < 4.78 is 10.5. The number of morpholine rings is 2. The van der Waals surface area contributed by atoms with Gasteiger partial charge in [-0.1, -0.05) is 63.3 Å². The molecule has 2 amide bonds. The van der Waals surface area contributed by atoms with Gasteiger partial charge in [0.2, 0.25) is 0 Å². The van der Waals surface area contributed by atoms with E-state index in [1.165, 1.54) is 68.5 Å². The Balaban J connectivity index is 0.000000226. The highest BCUT2D eigenvalue weighted by Gasteiger charge is 2.26. The number of amides is 2. The van der Waals surface area contributed by atoms with Crippen molar-refractivity contribution >= 4 is 45.7 Å². The Kier molecular flexibility index (Phi) is 12.5. The van der Waals surface area contributed by atoms with Crippen molar-refractivity contribution in [2.45, 2.75) is 58.3 Å². The number of ether oxygens (including phenoxy) is 2. The summed E-state index contributed by atoms with van der Waals surface area (Å²) in [4.78, 5) is 35.9. The maximum atomic E-state index is 11.9. The van der Waals surface area contributed by atoms with Crippen molar-refractivity contribution in [1.82, 2.24) is 9.80 Å². The fraction of sp³-hybridized carbons (Fsp3) is 0.750. The molecule has 0 radical (unpaired) electrons. The smallest absolute Gasteiger partial charge is 0.285 e. The summed E-state index contributed by atoms with van der Waals surface area (Å²) in [7, 11) is 0. The fourth-order valence-corrected chi connectivity index (χ4v) is 5.69. The third-order valence-corrected chi connectivity index (χ3v) is 7.95. The van der Waals surface area contributed by atoms with E-state index < -0.39 is 0 Å². The van der Waals surface area contributed by atoms with Crippen LogP contribution in [0.1, 0.15) is 58.3 Å². The molecular weight excluding hydrogens is 472 g/mol. The van der Waals surface area contributed by atoms with E-state index in [9.17, 15) is 9.59 Å². The van der Waals surface area contributed by atoms with E-state index in [1.807, 2.05) is 0 Å². The third-order valence-electron chi connectivity index (χ3n) is 5.85. The van der Waals surface area contributed by atoms with E-state index in [0.717, 1.165) is 74.3 Å². The molecule has 4 heterocycles. The second-order valence-electron chi connectivity index (χ2n) is 8.56. The van der Waals surface area contributed by atoms with Gasteiger partial charge in [-0.05, 0) is 24.6 Å². The van der Waals surface area contributed by atoms with Crippen LogP contribution in [0, 0.1) is 0 Å². The maximum absolute atomic E-state index is 11.9. The van der Waals surface area contributed by atoms with Crippen LogP contribution in [0.4, 0.5) is 0 Å². The normalized spacial score (nSPS) is 22.1. The van der Waals surface area contributed by atoms with Gasteiger partial charge >= 0.3 is 0 Å². The summed E-state index contributed by atoms with van der Waals surface area (Å²) in [6, 6.07) is 0. The molecule has 4 aliphatic heterocycles. The average Bonchev–Trinajstić information content (AvgIpc) is 3.48. The number of unbranched alkanes of at least 4 members (excludes halogenated alkanes) is 7. The summed E-state index contributed by atoms with van der Waals surface area (Å²) >= 11 is 3.06. The summed E-state index contributed by atoms with van der Waals surface area (Å²) in [5.74, 6) is 0.433. The molecule has 0 bridgehead atoms. The molecule has 34 heavy (non-hydrogen) atoms. The van der Waals surface area contributed by atoms with Crippen LogP contribution >= 0.6 is 23.5 Å². The lowest BCUT2D eigenvalue weighted by atomic mass is 10.1. The van der Waals surface area contributed by atoms with E-state index in [-0.39, 0.29) is 11.8 Å². The van der Waals surface area contributed by atoms with Crippen molar-refractivity contribution in [2.75, 3.05) is 58.4 Å². The number of hydrogen-bond acceptors (Lipinski definition) is 8. The Morgan fingerprint density at radius 1 is 0.824 bits per heavy atom. The van der Waals surface area contributed by atoms with Crippen molar-refractivity contribution < 1.29 is 19.1 Å². The Morgan fingerprint density at radius 2 is 1.41 bits per heavy atom. The van der Waals surface area contributed by atoms with Gasteiger partial charge < -0.3 is 19.3 Å². The quantitative estimate of drug-likeness (QED) is 0.359. The summed E-state index contributed by atoms with van der Waals surface area (Å²) in [5, 5.41) is 1.74. The number of nitrogens with zero attached hydrogens (tertiary/aromatic N) is 4. The lowest BCUT2D eigenvalue weighted by Gasteiger charge is -2.27.